The van der Waals surface area contributed by atoms with E-state index in [9.17, 15) is 4.79 Å². The molecular weight excluding hydrogens is 314 g/mol. The largest absolute Gasteiger partial charge is 0.486 e. The fourth-order valence-corrected chi connectivity index (χ4v) is 2.47. The van der Waals surface area contributed by atoms with E-state index in [1.807, 2.05) is 18.4 Å². The fourth-order valence-electron chi connectivity index (χ4n) is 1.53. The van der Waals surface area contributed by atoms with Crippen molar-refractivity contribution < 1.29 is 9.53 Å². The minimum absolute atomic E-state index is 0.00745. The van der Waals surface area contributed by atoms with E-state index in [-0.39, 0.29) is 5.78 Å². The maximum absolute atomic E-state index is 11.5. The molecule has 5 heteroatoms. The third kappa shape index (κ3) is 3.17. The Labute approximate surface area is 118 Å². The number of thiazole rings is 1. The highest BCUT2D eigenvalue weighted by Crippen LogP contribution is 2.25. The monoisotopic (exact) mass is 325 g/mol. The number of ketones is 1. The molecule has 2 rings (SSSR count). The standard InChI is InChI=1S/C13H12BrNO2S/c1-8(16)12-4-3-10(14)5-13(12)17-6-11-7-18-9(2)15-11/h3-5,7H,6H2,1-2H3. The van der Waals surface area contributed by atoms with E-state index in [4.69, 9.17) is 4.74 Å². The van der Waals surface area contributed by atoms with Crippen LogP contribution in [0.1, 0.15) is 28.0 Å². The van der Waals surface area contributed by atoms with E-state index in [2.05, 4.69) is 20.9 Å². The molecular formula is C13H12BrNO2S. The Morgan fingerprint density at radius 3 is 2.89 bits per heavy atom. The van der Waals surface area contributed by atoms with Gasteiger partial charge in [0.15, 0.2) is 5.78 Å². The number of aryl methyl sites for hydroxylation is 1. The molecule has 0 unspecified atom stereocenters. The minimum Gasteiger partial charge on any atom is -0.486 e. The van der Waals surface area contributed by atoms with Gasteiger partial charge in [-0.3, -0.25) is 4.79 Å². The number of carbonyl (C=O) groups excluding carboxylic acids is 1. The van der Waals surface area contributed by atoms with Crippen LogP contribution in [0.4, 0.5) is 0 Å². The van der Waals surface area contributed by atoms with E-state index in [1.165, 1.54) is 6.92 Å². The summed E-state index contributed by atoms with van der Waals surface area (Å²) in [6, 6.07) is 5.39. The summed E-state index contributed by atoms with van der Waals surface area (Å²) in [7, 11) is 0. The average molecular weight is 326 g/mol. The molecule has 0 atom stereocenters. The van der Waals surface area contributed by atoms with Gasteiger partial charge in [-0.1, -0.05) is 15.9 Å². The summed E-state index contributed by atoms with van der Waals surface area (Å²) < 4.78 is 6.56. The van der Waals surface area contributed by atoms with E-state index >= 15 is 0 Å². The summed E-state index contributed by atoms with van der Waals surface area (Å²) in [4.78, 5) is 15.8. The molecule has 94 valence electrons. The van der Waals surface area contributed by atoms with Gasteiger partial charge in [-0.25, -0.2) is 4.98 Å². The molecule has 0 amide bonds. The third-order valence-electron chi connectivity index (χ3n) is 2.37. The van der Waals surface area contributed by atoms with Crippen molar-refractivity contribution in [3.05, 3.63) is 44.3 Å². The molecule has 0 aliphatic rings. The van der Waals surface area contributed by atoms with E-state index in [0.717, 1.165) is 15.2 Å². The van der Waals surface area contributed by atoms with E-state index in [0.29, 0.717) is 17.9 Å². The molecule has 1 aromatic carbocycles. The van der Waals surface area contributed by atoms with Gasteiger partial charge in [0, 0.05) is 9.85 Å². The Balaban J connectivity index is 2.17. The summed E-state index contributed by atoms with van der Waals surface area (Å²) in [6.07, 6.45) is 0. The maximum atomic E-state index is 11.5. The summed E-state index contributed by atoms with van der Waals surface area (Å²) in [5, 5.41) is 2.97. The van der Waals surface area contributed by atoms with Crippen molar-refractivity contribution >= 4 is 33.0 Å². The summed E-state index contributed by atoms with van der Waals surface area (Å²) in [6.45, 7) is 3.86. The molecule has 0 saturated carbocycles. The number of nitrogens with zero attached hydrogens (tertiary/aromatic N) is 1. The van der Waals surface area contributed by atoms with Crippen molar-refractivity contribution in [2.45, 2.75) is 20.5 Å². The van der Waals surface area contributed by atoms with Crippen LogP contribution in [0.3, 0.4) is 0 Å². The molecule has 0 aliphatic heterocycles. The molecule has 18 heavy (non-hydrogen) atoms. The van der Waals surface area contributed by atoms with Crippen molar-refractivity contribution in [3.63, 3.8) is 0 Å². The lowest BCUT2D eigenvalue weighted by Crippen LogP contribution is -2.02. The molecule has 1 aromatic heterocycles. The van der Waals surface area contributed by atoms with Crippen LogP contribution in [0.5, 0.6) is 5.75 Å². The van der Waals surface area contributed by atoms with Crippen molar-refractivity contribution in [3.8, 4) is 5.75 Å². The van der Waals surface area contributed by atoms with Gasteiger partial charge in [-0.2, -0.15) is 0 Å². The van der Waals surface area contributed by atoms with Crippen molar-refractivity contribution in [2.24, 2.45) is 0 Å². The fraction of sp³-hybridized carbons (Fsp3) is 0.231. The SMILES string of the molecule is CC(=O)c1ccc(Br)cc1OCc1csc(C)n1. The Morgan fingerprint density at radius 1 is 1.50 bits per heavy atom. The van der Waals surface area contributed by atoms with Crippen LogP contribution in [0.25, 0.3) is 0 Å². The number of rotatable bonds is 4. The number of halogens is 1. The van der Waals surface area contributed by atoms with Crippen molar-refractivity contribution in [1.82, 2.24) is 4.98 Å². The number of aromatic nitrogens is 1. The number of hydrogen-bond acceptors (Lipinski definition) is 4. The molecule has 0 bridgehead atoms. The lowest BCUT2D eigenvalue weighted by atomic mass is 10.1. The molecule has 3 nitrogen and oxygen atoms in total. The highest BCUT2D eigenvalue weighted by molar-refractivity contribution is 9.10. The lowest BCUT2D eigenvalue weighted by molar-refractivity contribution is 0.101. The zero-order chi connectivity index (χ0) is 13.1. The smallest absolute Gasteiger partial charge is 0.163 e. The van der Waals surface area contributed by atoms with Crippen LogP contribution >= 0.6 is 27.3 Å². The Morgan fingerprint density at radius 2 is 2.28 bits per heavy atom. The summed E-state index contributed by atoms with van der Waals surface area (Å²) in [5.41, 5.74) is 1.47. The minimum atomic E-state index is -0.00745. The second-order valence-electron chi connectivity index (χ2n) is 3.84. The van der Waals surface area contributed by atoms with Crippen LogP contribution in [-0.2, 0) is 6.61 Å². The van der Waals surface area contributed by atoms with Crippen molar-refractivity contribution in [2.75, 3.05) is 0 Å². The predicted molar refractivity (Wildman–Crippen MR) is 75.3 cm³/mol. The summed E-state index contributed by atoms with van der Waals surface area (Å²) in [5.74, 6) is 0.578. The van der Waals surface area contributed by atoms with Gasteiger partial charge in [0.25, 0.3) is 0 Å². The first-order valence-electron chi connectivity index (χ1n) is 5.40. The zero-order valence-corrected chi connectivity index (χ0v) is 12.5. The first kappa shape index (κ1) is 13.2. The normalized spacial score (nSPS) is 10.4. The molecule has 0 spiro atoms. The van der Waals surface area contributed by atoms with Crippen LogP contribution in [0, 0.1) is 6.92 Å². The first-order valence-corrected chi connectivity index (χ1v) is 7.08. The molecule has 0 N–H and O–H groups in total. The zero-order valence-electron chi connectivity index (χ0n) is 10.1. The first-order chi connectivity index (χ1) is 8.56. The predicted octanol–water partition coefficient (Wildman–Crippen LogP) is 4.00. The van der Waals surface area contributed by atoms with Crippen molar-refractivity contribution in [1.29, 1.82) is 0 Å². The van der Waals surface area contributed by atoms with Gasteiger partial charge < -0.3 is 4.74 Å². The van der Waals surface area contributed by atoms with E-state index < -0.39 is 0 Å². The topological polar surface area (TPSA) is 39.2 Å². The van der Waals surface area contributed by atoms with Crippen LogP contribution in [-0.4, -0.2) is 10.8 Å². The Hall–Kier alpha value is -1.20. The number of carbonyl (C=O) groups is 1. The quantitative estimate of drug-likeness (QED) is 0.798. The highest BCUT2D eigenvalue weighted by atomic mass is 79.9. The number of hydrogen-bond donors (Lipinski definition) is 0. The maximum Gasteiger partial charge on any atom is 0.163 e. The van der Waals surface area contributed by atoms with Gasteiger partial charge in [-0.15, -0.1) is 11.3 Å². The number of ether oxygens (including phenoxy) is 1. The molecule has 1 heterocycles. The third-order valence-corrected chi connectivity index (χ3v) is 3.68. The molecule has 0 fully saturated rings. The molecule has 0 saturated heterocycles. The van der Waals surface area contributed by atoms with Gasteiger partial charge in [-0.05, 0) is 32.0 Å². The van der Waals surface area contributed by atoms with Gasteiger partial charge in [0.1, 0.15) is 12.4 Å². The second kappa shape index (κ2) is 5.63. The Bertz CT molecular complexity index is 580. The molecule has 0 radical (unpaired) electrons. The van der Waals surface area contributed by atoms with Gasteiger partial charge in [0.05, 0.1) is 16.3 Å². The van der Waals surface area contributed by atoms with Crippen LogP contribution < -0.4 is 4.74 Å². The molecule has 2 aromatic rings. The average Bonchev–Trinajstić information content (AvgIpc) is 2.72. The highest BCUT2D eigenvalue weighted by Gasteiger charge is 2.10. The number of Topliss-reactive ketones (excluding diaryl/α,β-unsaturated/α-hetero) is 1. The lowest BCUT2D eigenvalue weighted by Gasteiger charge is -2.09. The van der Waals surface area contributed by atoms with Gasteiger partial charge >= 0.3 is 0 Å². The number of benzene rings is 1. The van der Waals surface area contributed by atoms with Crippen LogP contribution in [0.15, 0.2) is 28.1 Å². The Kier molecular flexibility index (Phi) is 4.14. The molecule has 0 aliphatic carbocycles. The van der Waals surface area contributed by atoms with Gasteiger partial charge in [0.2, 0.25) is 0 Å². The van der Waals surface area contributed by atoms with E-state index in [1.54, 1.807) is 23.5 Å². The second-order valence-corrected chi connectivity index (χ2v) is 5.82. The summed E-state index contributed by atoms with van der Waals surface area (Å²) >= 11 is 4.96. The van der Waals surface area contributed by atoms with Crippen LogP contribution in [0.2, 0.25) is 0 Å².